The standard InChI is InChI=1S/C16H16N2O2/c1-11-8-14(12(2)18(11)3)15(19)10-20-16-7-5-4-6-13(16)9-17/h4-8H,10H2,1-3H3. The van der Waals surface area contributed by atoms with Crippen molar-refractivity contribution in [3.8, 4) is 11.8 Å². The summed E-state index contributed by atoms with van der Waals surface area (Å²) in [7, 11) is 1.92. The van der Waals surface area contributed by atoms with Crippen molar-refractivity contribution < 1.29 is 9.53 Å². The number of rotatable bonds is 4. The minimum Gasteiger partial charge on any atom is -0.484 e. The van der Waals surface area contributed by atoms with E-state index < -0.39 is 0 Å². The Kier molecular flexibility index (Phi) is 3.90. The Balaban J connectivity index is 2.13. The fraction of sp³-hybridized carbons (Fsp3) is 0.250. The van der Waals surface area contributed by atoms with Crippen molar-refractivity contribution in [3.63, 3.8) is 0 Å². The zero-order chi connectivity index (χ0) is 14.7. The summed E-state index contributed by atoms with van der Waals surface area (Å²) >= 11 is 0. The molecular formula is C16H16N2O2. The van der Waals surface area contributed by atoms with Gasteiger partial charge in [0.1, 0.15) is 11.8 Å². The van der Waals surface area contributed by atoms with Gasteiger partial charge in [-0.1, -0.05) is 12.1 Å². The fourth-order valence-electron chi connectivity index (χ4n) is 2.04. The molecule has 4 heteroatoms. The number of hydrogen-bond acceptors (Lipinski definition) is 3. The first-order chi connectivity index (χ1) is 9.54. The summed E-state index contributed by atoms with van der Waals surface area (Å²) in [6.45, 7) is 3.79. The van der Waals surface area contributed by atoms with Crippen molar-refractivity contribution in [1.82, 2.24) is 4.57 Å². The van der Waals surface area contributed by atoms with Crippen LogP contribution in [0, 0.1) is 25.2 Å². The van der Waals surface area contributed by atoms with Crippen LogP contribution in [0.1, 0.15) is 27.3 Å². The molecule has 102 valence electrons. The third kappa shape index (κ3) is 2.57. The summed E-state index contributed by atoms with van der Waals surface area (Å²) in [6, 6.07) is 10.8. The number of Topliss-reactive ketones (excluding diaryl/α,β-unsaturated/α-hetero) is 1. The monoisotopic (exact) mass is 268 g/mol. The van der Waals surface area contributed by atoms with Gasteiger partial charge >= 0.3 is 0 Å². The second-order valence-corrected chi connectivity index (χ2v) is 4.66. The van der Waals surface area contributed by atoms with Crippen LogP contribution >= 0.6 is 0 Å². The Labute approximate surface area is 118 Å². The van der Waals surface area contributed by atoms with Crippen LogP contribution in [0.3, 0.4) is 0 Å². The molecular weight excluding hydrogens is 252 g/mol. The maximum absolute atomic E-state index is 12.2. The molecule has 1 heterocycles. The van der Waals surface area contributed by atoms with Crippen molar-refractivity contribution >= 4 is 5.78 Å². The van der Waals surface area contributed by atoms with Gasteiger partial charge in [0.25, 0.3) is 0 Å². The molecule has 0 saturated heterocycles. The molecule has 0 bridgehead atoms. The third-order valence-electron chi connectivity index (χ3n) is 3.44. The number of para-hydroxylation sites is 1. The Bertz CT molecular complexity index is 693. The number of ether oxygens (including phenoxy) is 1. The SMILES string of the molecule is Cc1cc(C(=O)COc2ccccc2C#N)c(C)n1C. The zero-order valence-electron chi connectivity index (χ0n) is 11.8. The molecule has 0 fully saturated rings. The van der Waals surface area contributed by atoms with E-state index in [0.29, 0.717) is 16.9 Å². The van der Waals surface area contributed by atoms with Crippen LogP contribution < -0.4 is 4.74 Å². The van der Waals surface area contributed by atoms with Gasteiger partial charge in [0.05, 0.1) is 5.56 Å². The summed E-state index contributed by atoms with van der Waals surface area (Å²) < 4.78 is 7.44. The molecule has 1 aromatic heterocycles. The van der Waals surface area contributed by atoms with Crippen LogP contribution in [0.4, 0.5) is 0 Å². The van der Waals surface area contributed by atoms with E-state index in [1.807, 2.05) is 37.6 Å². The maximum Gasteiger partial charge on any atom is 0.202 e. The van der Waals surface area contributed by atoms with Crippen molar-refractivity contribution in [3.05, 3.63) is 52.8 Å². The molecule has 2 rings (SSSR count). The van der Waals surface area contributed by atoms with Gasteiger partial charge in [-0.3, -0.25) is 4.79 Å². The molecule has 0 spiro atoms. The Morgan fingerprint density at radius 2 is 2.05 bits per heavy atom. The normalized spacial score (nSPS) is 10.1. The highest BCUT2D eigenvalue weighted by molar-refractivity contribution is 5.98. The van der Waals surface area contributed by atoms with E-state index in [0.717, 1.165) is 11.4 Å². The van der Waals surface area contributed by atoms with Crippen LogP contribution in [-0.2, 0) is 7.05 Å². The molecule has 0 N–H and O–H groups in total. The Morgan fingerprint density at radius 1 is 1.35 bits per heavy atom. The molecule has 0 atom stereocenters. The first-order valence-electron chi connectivity index (χ1n) is 6.32. The average Bonchev–Trinajstić information content (AvgIpc) is 2.72. The number of hydrogen-bond donors (Lipinski definition) is 0. The van der Waals surface area contributed by atoms with Crippen molar-refractivity contribution in [1.29, 1.82) is 5.26 Å². The van der Waals surface area contributed by atoms with E-state index in [9.17, 15) is 4.79 Å². The first-order valence-corrected chi connectivity index (χ1v) is 6.32. The van der Waals surface area contributed by atoms with Crippen molar-refractivity contribution in [2.24, 2.45) is 7.05 Å². The van der Waals surface area contributed by atoms with Gasteiger partial charge in [0.2, 0.25) is 5.78 Å². The largest absolute Gasteiger partial charge is 0.484 e. The topological polar surface area (TPSA) is 55.0 Å². The second-order valence-electron chi connectivity index (χ2n) is 4.66. The van der Waals surface area contributed by atoms with Gasteiger partial charge in [-0.05, 0) is 32.0 Å². The van der Waals surface area contributed by atoms with E-state index in [4.69, 9.17) is 10.00 Å². The van der Waals surface area contributed by atoms with E-state index in [1.54, 1.807) is 24.3 Å². The number of aromatic nitrogens is 1. The highest BCUT2D eigenvalue weighted by atomic mass is 16.5. The molecule has 0 aliphatic carbocycles. The van der Waals surface area contributed by atoms with Gasteiger partial charge in [-0.2, -0.15) is 5.26 Å². The van der Waals surface area contributed by atoms with Crippen LogP contribution in [0.5, 0.6) is 5.75 Å². The molecule has 20 heavy (non-hydrogen) atoms. The van der Waals surface area contributed by atoms with E-state index in [2.05, 4.69) is 0 Å². The van der Waals surface area contributed by atoms with Gasteiger partial charge in [0, 0.05) is 24.0 Å². The molecule has 2 aromatic rings. The summed E-state index contributed by atoms with van der Waals surface area (Å²) in [6.07, 6.45) is 0. The average molecular weight is 268 g/mol. The Morgan fingerprint density at radius 3 is 2.65 bits per heavy atom. The number of benzene rings is 1. The molecule has 0 aliphatic rings. The molecule has 0 amide bonds. The summed E-state index contributed by atoms with van der Waals surface area (Å²) in [4.78, 5) is 12.2. The highest BCUT2D eigenvalue weighted by Crippen LogP contribution is 2.18. The lowest BCUT2D eigenvalue weighted by atomic mass is 10.1. The van der Waals surface area contributed by atoms with E-state index in [1.165, 1.54) is 0 Å². The molecule has 0 radical (unpaired) electrons. The summed E-state index contributed by atoms with van der Waals surface area (Å²) in [5.41, 5.74) is 3.05. The number of nitrogens with zero attached hydrogens (tertiary/aromatic N) is 2. The van der Waals surface area contributed by atoms with Gasteiger partial charge in [-0.25, -0.2) is 0 Å². The lowest BCUT2D eigenvalue weighted by molar-refractivity contribution is 0.0920. The molecule has 4 nitrogen and oxygen atoms in total. The lowest BCUT2D eigenvalue weighted by Crippen LogP contribution is -2.13. The third-order valence-corrected chi connectivity index (χ3v) is 3.44. The van der Waals surface area contributed by atoms with Crippen LogP contribution in [-0.4, -0.2) is 17.0 Å². The van der Waals surface area contributed by atoms with Crippen LogP contribution in [0.2, 0.25) is 0 Å². The predicted molar refractivity (Wildman–Crippen MR) is 75.9 cm³/mol. The fourth-order valence-corrected chi connectivity index (χ4v) is 2.04. The van der Waals surface area contributed by atoms with E-state index in [-0.39, 0.29) is 12.4 Å². The number of carbonyl (C=O) groups is 1. The predicted octanol–water partition coefficient (Wildman–Crippen LogP) is 2.78. The molecule has 0 unspecified atom stereocenters. The van der Waals surface area contributed by atoms with Crippen LogP contribution in [0.25, 0.3) is 0 Å². The quantitative estimate of drug-likeness (QED) is 0.801. The number of carbonyl (C=O) groups excluding carboxylic acids is 1. The second kappa shape index (κ2) is 5.62. The van der Waals surface area contributed by atoms with Gasteiger partial charge < -0.3 is 9.30 Å². The van der Waals surface area contributed by atoms with Crippen molar-refractivity contribution in [2.45, 2.75) is 13.8 Å². The maximum atomic E-state index is 12.2. The highest BCUT2D eigenvalue weighted by Gasteiger charge is 2.15. The van der Waals surface area contributed by atoms with Crippen LogP contribution in [0.15, 0.2) is 30.3 Å². The number of aryl methyl sites for hydroxylation is 1. The summed E-state index contributed by atoms with van der Waals surface area (Å²) in [5, 5.41) is 8.97. The minimum absolute atomic E-state index is 0.0665. The number of ketones is 1. The van der Waals surface area contributed by atoms with E-state index >= 15 is 0 Å². The Hall–Kier alpha value is -2.54. The first kappa shape index (κ1) is 13.9. The zero-order valence-corrected chi connectivity index (χ0v) is 11.8. The summed E-state index contributed by atoms with van der Waals surface area (Å²) in [5.74, 6) is 0.354. The molecule has 1 aromatic carbocycles. The minimum atomic E-state index is -0.0843. The number of nitriles is 1. The van der Waals surface area contributed by atoms with Gasteiger partial charge in [-0.15, -0.1) is 0 Å². The molecule has 0 aliphatic heterocycles. The van der Waals surface area contributed by atoms with Crippen molar-refractivity contribution in [2.75, 3.05) is 6.61 Å². The molecule has 0 saturated carbocycles. The van der Waals surface area contributed by atoms with Gasteiger partial charge in [0.15, 0.2) is 6.61 Å². The smallest absolute Gasteiger partial charge is 0.202 e. The lowest BCUT2D eigenvalue weighted by Gasteiger charge is -2.07.